The first-order valence-corrected chi connectivity index (χ1v) is 7.31. The second kappa shape index (κ2) is 5.40. The van der Waals surface area contributed by atoms with Gasteiger partial charge >= 0.3 is 16.2 Å². The Labute approximate surface area is 119 Å². The summed E-state index contributed by atoms with van der Waals surface area (Å²) < 4.78 is 53.0. The molecular formula is C12H11F2NO5S. The molecule has 1 amide bonds. The smallest absolute Gasteiger partial charge is 0.343 e. The van der Waals surface area contributed by atoms with Gasteiger partial charge in [0.15, 0.2) is 0 Å². The number of hydrogen-bond acceptors (Lipinski definition) is 5. The van der Waals surface area contributed by atoms with Gasteiger partial charge in [-0.25, -0.2) is 9.18 Å². The van der Waals surface area contributed by atoms with Crippen LogP contribution in [-0.4, -0.2) is 39.2 Å². The monoisotopic (exact) mass is 319 g/mol. The van der Waals surface area contributed by atoms with E-state index in [1.165, 1.54) is 12.1 Å². The quantitative estimate of drug-likeness (QED) is 0.614. The van der Waals surface area contributed by atoms with Crippen molar-refractivity contribution in [2.75, 3.05) is 18.6 Å². The predicted octanol–water partition coefficient (Wildman–Crippen LogP) is 1.02. The van der Waals surface area contributed by atoms with Crippen LogP contribution in [0.2, 0.25) is 0 Å². The van der Waals surface area contributed by atoms with Crippen molar-refractivity contribution in [3.8, 4) is 0 Å². The van der Waals surface area contributed by atoms with Gasteiger partial charge in [-0.1, -0.05) is 6.07 Å². The fraction of sp³-hybridized carbons (Fsp3) is 0.333. The van der Waals surface area contributed by atoms with E-state index in [1.807, 2.05) is 0 Å². The van der Waals surface area contributed by atoms with Crippen LogP contribution in [0, 0.1) is 5.82 Å². The van der Waals surface area contributed by atoms with E-state index in [0.29, 0.717) is 0 Å². The van der Waals surface area contributed by atoms with E-state index in [4.69, 9.17) is 0 Å². The molecule has 21 heavy (non-hydrogen) atoms. The van der Waals surface area contributed by atoms with Crippen LogP contribution in [-0.2, 0) is 19.8 Å². The van der Waals surface area contributed by atoms with Crippen LogP contribution in [0.15, 0.2) is 18.2 Å². The highest BCUT2D eigenvalue weighted by molar-refractivity contribution is 7.87. The number of methoxy groups -OCH3 is 1. The van der Waals surface area contributed by atoms with Gasteiger partial charge in [-0.2, -0.15) is 8.42 Å². The van der Waals surface area contributed by atoms with Crippen LogP contribution < -0.4 is 4.90 Å². The Hall–Kier alpha value is -2.03. The summed E-state index contributed by atoms with van der Waals surface area (Å²) in [5.74, 6) is -2.64. The molecule has 0 bridgehead atoms. The molecule has 1 saturated heterocycles. The van der Waals surface area contributed by atoms with Crippen molar-refractivity contribution in [3.05, 3.63) is 29.6 Å². The average molecular weight is 319 g/mol. The maximum Gasteiger partial charge on any atom is 0.343 e. The highest BCUT2D eigenvalue weighted by Crippen LogP contribution is 2.30. The number of anilines is 1. The first-order chi connectivity index (χ1) is 9.75. The Kier molecular flexibility index (Phi) is 3.95. The third-order valence-corrected chi connectivity index (χ3v) is 4.27. The first-order valence-electron chi connectivity index (χ1n) is 5.86. The molecule has 1 fully saturated rings. The Balaban J connectivity index is 2.46. The number of carbonyl (C=O) groups is 2. The largest absolute Gasteiger partial charge is 0.465 e. The summed E-state index contributed by atoms with van der Waals surface area (Å²) in [7, 11) is -3.86. The van der Waals surface area contributed by atoms with E-state index in [9.17, 15) is 26.3 Å². The van der Waals surface area contributed by atoms with Gasteiger partial charge in [-0.15, -0.1) is 3.89 Å². The van der Waals surface area contributed by atoms with Crippen LogP contribution in [0.25, 0.3) is 0 Å². The maximum absolute atomic E-state index is 13.8. The zero-order valence-corrected chi connectivity index (χ0v) is 11.7. The maximum atomic E-state index is 13.8. The van der Waals surface area contributed by atoms with Crippen LogP contribution in [0.3, 0.4) is 0 Å². The molecule has 0 aliphatic carbocycles. The second-order valence-electron chi connectivity index (χ2n) is 4.43. The summed E-state index contributed by atoms with van der Waals surface area (Å²) in [4.78, 5) is 24.3. The Morgan fingerprint density at radius 1 is 1.43 bits per heavy atom. The van der Waals surface area contributed by atoms with Crippen molar-refractivity contribution >= 4 is 27.8 Å². The molecule has 1 atom stereocenters. The number of rotatable bonds is 3. The third-order valence-electron chi connectivity index (χ3n) is 3.16. The third kappa shape index (κ3) is 2.87. The van der Waals surface area contributed by atoms with E-state index < -0.39 is 51.7 Å². The number of nitrogens with zero attached hydrogens (tertiary/aromatic N) is 1. The lowest BCUT2D eigenvalue weighted by Crippen LogP contribution is -2.29. The van der Waals surface area contributed by atoms with E-state index >= 15 is 0 Å². The van der Waals surface area contributed by atoms with Crippen LogP contribution >= 0.6 is 0 Å². The molecule has 0 N–H and O–H groups in total. The summed E-state index contributed by atoms with van der Waals surface area (Å²) >= 11 is 0. The van der Waals surface area contributed by atoms with E-state index in [0.717, 1.165) is 18.1 Å². The van der Waals surface area contributed by atoms with Crippen molar-refractivity contribution in [3.63, 3.8) is 0 Å². The molecule has 9 heteroatoms. The minimum absolute atomic E-state index is 0.141. The standard InChI is InChI=1S/C12H11F2NO5S/c1-20-12(17)11-8(13)3-2-4-9(11)15-6-7(5-10(15)16)21(14,18)19/h2-4,7H,5-6H2,1H3. The summed E-state index contributed by atoms with van der Waals surface area (Å²) in [5.41, 5.74) is -0.636. The van der Waals surface area contributed by atoms with Gasteiger partial charge in [-0.05, 0) is 12.1 Å². The normalized spacial score (nSPS) is 18.9. The molecule has 2 rings (SSSR count). The SMILES string of the molecule is COC(=O)c1c(F)cccc1N1CC(S(=O)(=O)F)CC1=O. The Morgan fingerprint density at radius 3 is 2.62 bits per heavy atom. The lowest BCUT2D eigenvalue weighted by molar-refractivity contribution is -0.117. The first kappa shape index (κ1) is 15.4. The Bertz CT molecular complexity index is 704. The highest BCUT2D eigenvalue weighted by atomic mass is 32.3. The molecule has 1 heterocycles. The fourth-order valence-corrected chi connectivity index (χ4v) is 2.81. The van der Waals surface area contributed by atoms with Gasteiger partial charge in [0.2, 0.25) is 5.91 Å². The van der Waals surface area contributed by atoms with Gasteiger partial charge in [0.05, 0.1) is 12.8 Å². The van der Waals surface area contributed by atoms with Crippen molar-refractivity contribution in [1.82, 2.24) is 0 Å². The number of carbonyl (C=O) groups excluding carboxylic acids is 2. The summed E-state index contributed by atoms with van der Waals surface area (Å²) in [6.07, 6.45) is -0.560. The highest BCUT2D eigenvalue weighted by Gasteiger charge is 2.40. The summed E-state index contributed by atoms with van der Waals surface area (Å²) in [5, 5.41) is -1.53. The summed E-state index contributed by atoms with van der Waals surface area (Å²) in [6.45, 7) is -0.481. The predicted molar refractivity (Wildman–Crippen MR) is 68.5 cm³/mol. The van der Waals surface area contributed by atoms with Crippen molar-refractivity contribution in [2.45, 2.75) is 11.7 Å². The minimum Gasteiger partial charge on any atom is -0.465 e. The van der Waals surface area contributed by atoms with Gasteiger partial charge in [-0.3, -0.25) is 4.79 Å². The number of halogens is 2. The number of esters is 1. The van der Waals surface area contributed by atoms with E-state index in [1.54, 1.807) is 0 Å². The van der Waals surface area contributed by atoms with Gasteiger partial charge in [0.1, 0.15) is 16.6 Å². The van der Waals surface area contributed by atoms with Crippen LogP contribution in [0.1, 0.15) is 16.8 Å². The molecule has 1 aliphatic heterocycles. The molecule has 0 spiro atoms. The van der Waals surface area contributed by atoms with Gasteiger partial charge in [0.25, 0.3) is 0 Å². The molecule has 0 aromatic heterocycles. The zero-order chi connectivity index (χ0) is 15.8. The zero-order valence-electron chi connectivity index (χ0n) is 10.9. The molecule has 0 radical (unpaired) electrons. The molecule has 114 valence electrons. The fourth-order valence-electron chi connectivity index (χ4n) is 2.14. The number of hydrogen-bond donors (Lipinski definition) is 0. The number of amides is 1. The van der Waals surface area contributed by atoms with E-state index in [2.05, 4.69) is 4.74 Å². The minimum atomic E-state index is -4.90. The number of benzene rings is 1. The van der Waals surface area contributed by atoms with Gasteiger partial charge < -0.3 is 9.64 Å². The number of ether oxygens (including phenoxy) is 1. The van der Waals surface area contributed by atoms with Crippen molar-refractivity contribution in [2.24, 2.45) is 0 Å². The van der Waals surface area contributed by atoms with Crippen LogP contribution in [0.4, 0.5) is 14.0 Å². The molecule has 6 nitrogen and oxygen atoms in total. The van der Waals surface area contributed by atoms with Crippen LogP contribution in [0.5, 0.6) is 0 Å². The average Bonchev–Trinajstić information content (AvgIpc) is 2.79. The lowest BCUT2D eigenvalue weighted by Gasteiger charge is -2.19. The molecular weight excluding hydrogens is 308 g/mol. The molecule has 1 aromatic carbocycles. The van der Waals surface area contributed by atoms with Crippen molar-refractivity contribution < 1.29 is 31.0 Å². The second-order valence-corrected chi connectivity index (χ2v) is 6.05. The molecule has 0 saturated carbocycles. The topological polar surface area (TPSA) is 80.8 Å². The van der Waals surface area contributed by atoms with Gasteiger partial charge in [0, 0.05) is 13.0 Å². The molecule has 1 unspecified atom stereocenters. The molecule has 1 aliphatic rings. The Morgan fingerprint density at radius 2 is 2.10 bits per heavy atom. The summed E-state index contributed by atoms with van der Waals surface area (Å²) in [6, 6.07) is 3.52. The lowest BCUT2D eigenvalue weighted by atomic mass is 10.1. The van der Waals surface area contributed by atoms with E-state index in [-0.39, 0.29) is 5.69 Å². The molecule has 1 aromatic rings. The van der Waals surface area contributed by atoms with Crippen molar-refractivity contribution in [1.29, 1.82) is 0 Å².